The van der Waals surface area contributed by atoms with Crippen molar-refractivity contribution in [1.29, 1.82) is 0 Å². The molecule has 0 radical (unpaired) electrons. The highest BCUT2D eigenvalue weighted by molar-refractivity contribution is 5.96. The molecule has 112 valence electrons. The van der Waals surface area contributed by atoms with Crippen molar-refractivity contribution in [3.8, 4) is 0 Å². The van der Waals surface area contributed by atoms with Crippen LogP contribution in [0.3, 0.4) is 0 Å². The van der Waals surface area contributed by atoms with E-state index in [1.54, 1.807) is 12.1 Å². The van der Waals surface area contributed by atoms with Gasteiger partial charge in [0.15, 0.2) is 0 Å². The summed E-state index contributed by atoms with van der Waals surface area (Å²) in [4.78, 5) is 23.1. The van der Waals surface area contributed by atoms with Gasteiger partial charge in [-0.2, -0.15) is 0 Å². The average molecular weight is 289 g/mol. The highest BCUT2D eigenvalue weighted by atomic mass is 16.5. The first-order valence-corrected chi connectivity index (χ1v) is 7.17. The van der Waals surface area contributed by atoms with Crippen molar-refractivity contribution >= 4 is 11.9 Å². The molecule has 2 aliphatic rings. The summed E-state index contributed by atoms with van der Waals surface area (Å²) in [6, 6.07) is 6.10. The van der Waals surface area contributed by atoms with Crippen molar-refractivity contribution in [3.63, 3.8) is 0 Å². The highest BCUT2D eigenvalue weighted by Crippen LogP contribution is 2.52. The Kier molecular flexibility index (Phi) is 3.24. The second-order valence-corrected chi connectivity index (χ2v) is 6.40. The van der Waals surface area contributed by atoms with Crippen LogP contribution in [0.25, 0.3) is 0 Å². The number of aromatic carboxylic acids is 1. The molecule has 3 rings (SSSR count). The predicted octanol–water partition coefficient (Wildman–Crippen LogP) is 1.93. The molecule has 1 amide bonds. The lowest BCUT2D eigenvalue weighted by atomic mass is 9.57. The van der Waals surface area contributed by atoms with E-state index in [2.05, 4.69) is 19.2 Å². The summed E-state index contributed by atoms with van der Waals surface area (Å²) in [7, 11) is 0. The number of benzene rings is 1. The molecule has 0 bridgehead atoms. The van der Waals surface area contributed by atoms with Crippen molar-refractivity contribution in [2.75, 3.05) is 6.61 Å². The van der Waals surface area contributed by atoms with Gasteiger partial charge in [0.05, 0.1) is 11.7 Å². The first kappa shape index (κ1) is 14.1. The molecular formula is C16H19NO4. The Morgan fingerprint density at radius 3 is 2.48 bits per heavy atom. The lowest BCUT2D eigenvalue weighted by Gasteiger charge is -2.54. The van der Waals surface area contributed by atoms with Crippen LogP contribution in [-0.2, 0) is 4.74 Å². The number of ether oxygens (including phenoxy) is 1. The van der Waals surface area contributed by atoms with E-state index >= 15 is 0 Å². The number of carboxylic acid groups (broad SMARTS) is 1. The van der Waals surface area contributed by atoms with Gasteiger partial charge in [-0.1, -0.05) is 13.8 Å². The molecule has 1 aliphatic heterocycles. The van der Waals surface area contributed by atoms with Crippen molar-refractivity contribution in [2.24, 2.45) is 11.3 Å². The van der Waals surface area contributed by atoms with Crippen LogP contribution in [0.4, 0.5) is 0 Å². The van der Waals surface area contributed by atoms with Crippen LogP contribution >= 0.6 is 0 Å². The number of nitrogens with one attached hydrogen (secondary N) is 1. The topological polar surface area (TPSA) is 75.6 Å². The zero-order valence-corrected chi connectivity index (χ0v) is 12.1. The van der Waals surface area contributed by atoms with E-state index in [4.69, 9.17) is 9.84 Å². The van der Waals surface area contributed by atoms with Crippen LogP contribution < -0.4 is 5.32 Å². The fraction of sp³-hybridized carbons (Fsp3) is 0.500. The molecule has 0 unspecified atom stereocenters. The summed E-state index contributed by atoms with van der Waals surface area (Å²) >= 11 is 0. The van der Waals surface area contributed by atoms with Crippen molar-refractivity contribution < 1.29 is 19.4 Å². The van der Waals surface area contributed by atoms with Crippen LogP contribution in [0.5, 0.6) is 0 Å². The highest BCUT2D eigenvalue weighted by Gasteiger charge is 2.59. The van der Waals surface area contributed by atoms with Crippen LogP contribution in [0, 0.1) is 11.3 Å². The molecule has 2 N–H and O–H groups in total. The maximum absolute atomic E-state index is 12.3. The number of hydrogen-bond acceptors (Lipinski definition) is 3. The number of fused-ring (bicyclic) bond motifs is 1. The minimum Gasteiger partial charge on any atom is -0.478 e. The molecule has 2 fully saturated rings. The fourth-order valence-corrected chi connectivity index (χ4v) is 3.61. The molecule has 1 saturated carbocycles. The second-order valence-electron chi connectivity index (χ2n) is 6.40. The fourth-order valence-electron chi connectivity index (χ4n) is 3.61. The van der Waals surface area contributed by atoms with Crippen LogP contribution in [0.15, 0.2) is 24.3 Å². The van der Waals surface area contributed by atoms with E-state index in [9.17, 15) is 9.59 Å². The Labute approximate surface area is 123 Å². The molecule has 3 atom stereocenters. The first-order chi connectivity index (χ1) is 9.91. The molecule has 1 aromatic rings. The number of carboxylic acids is 1. The van der Waals surface area contributed by atoms with Crippen LogP contribution in [0.2, 0.25) is 0 Å². The van der Waals surface area contributed by atoms with E-state index in [1.165, 1.54) is 12.1 Å². The smallest absolute Gasteiger partial charge is 0.335 e. The third-order valence-electron chi connectivity index (χ3n) is 4.78. The van der Waals surface area contributed by atoms with Gasteiger partial charge in [-0.15, -0.1) is 0 Å². The number of hydrogen-bond donors (Lipinski definition) is 2. The Hall–Kier alpha value is -1.88. The summed E-state index contributed by atoms with van der Waals surface area (Å²) in [5.74, 6) is -0.759. The minimum atomic E-state index is -0.993. The van der Waals surface area contributed by atoms with E-state index < -0.39 is 5.97 Å². The molecule has 21 heavy (non-hydrogen) atoms. The summed E-state index contributed by atoms with van der Waals surface area (Å²) in [6.45, 7) is 4.98. The average Bonchev–Trinajstić information content (AvgIpc) is 2.91. The molecule has 1 aromatic carbocycles. The zero-order chi connectivity index (χ0) is 15.2. The van der Waals surface area contributed by atoms with Gasteiger partial charge >= 0.3 is 5.97 Å². The first-order valence-electron chi connectivity index (χ1n) is 7.17. The monoisotopic (exact) mass is 289 g/mol. The van der Waals surface area contributed by atoms with Gasteiger partial charge in [-0.05, 0) is 30.7 Å². The maximum Gasteiger partial charge on any atom is 0.335 e. The normalized spacial score (nSPS) is 29.3. The Morgan fingerprint density at radius 2 is 1.86 bits per heavy atom. The van der Waals surface area contributed by atoms with Crippen LogP contribution in [0.1, 0.15) is 41.0 Å². The van der Waals surface area contributed by atoms with E-state index in [1.807, 2.05) is 0 Å². The lowest BCUT2D eigenvalue weighted by molar-refractivity contribution is -0.108. The number of carbonyl (C=O) groups is 2. The second kappa shape index (κ2) is 4.84. The molecular weight excluding hydrogens is 270 g/mol. The molecule has 0 spiro atoms. The van der Waals surface area contributed by atoms with Gasteiger partial charge in [0.25, 0.3) is 5.91 Å². The molecule has 5 heteroatoms. The van der Waals surface area contributed by atoms with Gasteiger partial charge < -0.3 is 15.2 Å². The summed E-state index contributed by atoms with van der Waals surface area (Å²) in [5.41, 5.74) is 0.607. The molecule has 1 aliphatic carbocycles. The molecule has 1 heterocycles. The van der Waals surface area contributed by atoms with E-state index in [0.29, 0.717) is 11.5 Å². The van der Waals surface area contributed by atoms with Gasteiger partial charge in [-0.3, -0.25) is 4.79 Å². The number of rotatable bonds is 3. The number of carbonyl (C=O) groups excluding carboxylic acids is 1. The Balaban J connectivity index is 1.70. The van der Waals surface area contributed by atoms with E-state index in [0.717, 1.165) is 13.0 Å². The Bertz CT molecular complexity index is 578. The number of amides is 1. The van der Waals surface area contributed by atoms with Crippen molar-refractivity contribution in [2.45, 2.75) is 32.4 Å². The largest absolute Gasteiger partial charge is 0.478 e. The van der Waals surface area contributed by atoms with E-state index in [-0.39, 0.29) is 29.0 Å². The van der Waals surface area contributed by atoms with Crippen LogP contribution in [-0.4, -0.2) is 35.7 Å². The lowest BCUT2D eigenvalue weighted by Crippen LogP contribution is -2.66. The molecule has 0 aromatic heterocycles. The Morgan fingerprint density at radius 1 is 1.24 bits per heavy atom. The maximum atomic E-state index is 12.3. The quantitative estimate of drug-likeness (QED) is 0.891. The zero-order valence-electron chi connectivity index (χ0n) is 12.1. The predicted molar refractivity (Wildman–Crippen MR) is 76.3 cm³/mol. The van der Waals surface area contributed by atoms with Crippen molar-refractivity contribution in [3.05, 3.63) is 35.4 Å². The SMILES string of the molecule is CC1(C)[C@H](NC(=O)c2ccc(C(=O)O)cc2)[C@H]2CCO[C@@H]21. The summed E-state index contributed by atoms with van der Waals surface area (Å²) in [6.07, 6.45) is 1.22. The third-order valence-corrected chi connectivity index (χ3v) is 4.78. The van der Waals surface area contributed by atoms with Crippen molar-refractivity contribution in [1.82, 2.24) is 5.32 Å². The standard InChI is InChI=1S/C16H19NO4/c1-16(2)12(11-7-8-21-13(11)16)17-14(18)9-3-5-10(6-4-9)15(19)20/h3-6,11-13H,7-8H2,1-2H3,(H,17,18)(H,19,20)/t11-,12-,13+/m1/s1. The van der Waals surface area contributed by atoms with Gasteiger partial charge in [0, 0.05) is 29.5 Å². The minimum absolute atomic E-state index is 0.0577. The molecule has 5 nitrogen and oxygen atoms in total. The van der Waals surface area contributed by atoms with Gasteiger partial charge in [0.1, 0.15) is 0 Å². The summed E-state index contributed by atoms with van der Waals surface area (Å²) in [5, 5.41) is 11.9. The van der Waals surface area contributed by atoms with Gasteiger partial charge in [0.2, 0.25) is 0 Å². The summed E-state index contributed by atoms with van der Waals surface area (Å²) < 4.78 is 5.71. The molecule has 1 saturated heterocycles. The van der Waals surface area contributed by atoms with Gasteiger partial charge in [-0.25, -0.2) is 4.79 Å². The third kappa shape index (κ3) is 2.21.